The molecule has 4 aromatic rings. The van der Waals surface area contributed by atoms with Crippen LogP contribution in [0.15, 0.2) is 54.9 Å². The van der Waals surface area contributed by atoms with Crippen molar-refractivity contribution in [3.8, 4) is 0 Å². The first-order valence-electron chi connectivity index (χ1n) is 13.2. The number of nitrogens with one attached hydrogen (secondary N) is 3. The van der Waals surface area contributed by atoms with Crippen LogP contribution in [0.3, 0.4) is 0 Å². The van der Waals surface area contributed by atoms with Gasteiger partial charge in [0.25, 0.3) is 0 Å². The number of carbonyl (C=O) groups is 2. The smallest absolute Gasteiger partial charge is 0.356 e. The highest BCUT2D eigenvalue weighted by atomic mass is 16.5. The van der Waals surface area contributed by atoms with E-state index >= 15 is 0 Å². The minimum absolute atomic E-state index is 0.155. The van der Waals surface area contributed by atoms with Crippen LogP contribution in [-0.4, -0.2) is 53.3 Å². The zero-order chi connectivity index (χ0) is 27.9. The van der Waals surface area contributed by atoms with Crippen LogP contribution >= 0.6 is 0 Å². The minimum Gasteiger partial charge on any atom is -0.464 e. The first-order valence-corrected chi connectivity index (χ1v) is 13.2. The highest BCUT2D eigenvalue weighted by Gasteiger charge is 2.26. The summed E-state index contributed by atoms with van der Waals surface area (Å²) >= 11 is 0. The van der Waals surface area contributed by atoms with Crippen molar-refractivity contribution in [2.45, 2.75) is 52.1 Å². The normalized spacial score (nSPS) is 12.0. The molecule has 206 valence electrons. The number of methoxy groups -OCH3 is 2. The number of amides is 1. The molecule has 0 aliphatic heterocycles. The van der Waals surface area contributed by atoms with Gasteiger partial charge in [-0.2, -0.15) is 0 Å². The van der Waals surface area contributed by atoms with Crippen molar-refractivity contribution in [1.29, 1.82) is 0 Å². The Bertz CT molecular complexity index is 1490. The Morgan fingerprint density at radius 2 is 1.97 bits per heavy atom. The van der Waals surface area contributed by atoms with Crippen LogP contribution in [-0.2, 0) is 27.2 Å². The van der Waals surface area contributed by atoms with Gasteiger partial charge in [0.15, 0.2) is 5.69 Å². The van der Waals surface area contributed by atoms with E-state index in [4.69, 9.17) is 14.5 Å². The second-order valence-electron chi connectivity index (χ2n) is 9.90. The number of aromatic amines is 1. The van der Waals surface area contributed by atoms with Crippen LogP contribution in [0.1, 0.15) is 49.2 Å². The lowest BCUT2D eigenvalue weighted by molar-refractivity contribution is -0.117. The van der Waals surface area contributed by atoms with E-state index in [2.05, 4.69) is 35.2 Å². The van der Waals surface area contributed by atoms with Gasteiger partial charge in [-0.25, -0.2) is 9.78 Å². The van der Waals surface area contributed by atoms with Gasteiger partial charge in [0.2, 0.25) is 5.91 Å². The molecule has 9 heteroatoms. The summed E-state index contributed by atoms with van der Waals surface area (Å²) in [6, 6.07) is 10.2. The number of ether oxygens (including phenoxy) is 2. The van der Waals surface area contributed by atoms with Crippen molar-refractivity contribution in [1.82, 2.24) is 14.5 Å². The Balaban J connectivity index is 1.75. The number of rotatable bonds is 13. The number of hydrogen-bond acceptors (Lipinski definition) is 6. The van der Waals surface area contributed by atoms with Crippen LogP contribution < -0.4 is 10.6 Å². The van der Waals surface area contributed by atoms with Gasteiger partial charge in [-0.3, -0.25) is 4.79 Å². The van der Waals surface area contributed by atoms with Crippen LogP contribution in [0.2, 0.25) is 0 Å². The zero-order valence-corrected chi connectivity index (χ0v) is 23.1. The molecule has 0 saturated carbocycles. The van der Waals surface area contributed by atoms with Crippen molar-refractivity contribution >= 4 is 45.2 Å². The minimum atomic E-state index is -0.543. The fourth-order valence-corrected chi connectivity index (χ4v) is 4.74. The van der Waals surface area contributed by atoms with Gasteiger partial charge in [-0.1, -0.05) is 23.8 Å². The quantitative estimate of drug-likeness (QED) is 0.151. The molecule has 39 heavy (non-hydrogen) atoms. The Kier molecular flexibility index (Phi) is 9.03. The number of aromatic nitrogens is 3. The molecule has 3 aromatic heterocycles. The maximum Gasteiger partial charge on any atom is 0.356 e. The molecule has 0 fully saturated rings. The molecule has 4 rings (SSSR count). The third kappa shape index (κ3) is 6.49. The van der Waals surface area contributed by atoms with E-state index in [-0.39, 0.29) is 30.7 Å². The Morgan fingerprint density at radius 3 is 2.72 bits per heavy atom. The summed E-state index contributed by atoms with van der Waals surface area (Å²) in [5.74, 6) is -0.802. The number of nitrogens with zero attached hydrogens (tertiary/aromatic N) is 2. The number of aryl methyl sites for hydroxylation is 2. The summed E-state index contributed by atoms with van der Waals surface area (Å²) in [4.78, 5) is 34.0. The average Bonchev–Trinajstić information content (AvgIpc) is 3.47. The molecule has 0 aliphatic carbocycles. The van der Waals surface area contributed by atoms with E-state index in [1.54, 1.807) is 13.3 Å². The molecule has 0 aliphatic rings. The number of fused-ring (bicyclic) bond motifs is 2. The Labute approximate surface area is 228 Å². The van der Waals surface area contributed by atoms with E-state index in [1.165, 1.54) is 7.11 Å². The summed E-state index contributed by atoms with van der Waals surface area (Å²) < 4.78 is 12.1. The number of hydrogen-bond donors (Lipinski definition) is 3. The zero-order valence-electron chi connectivity index (χ0n) is 23.1. The first kappa shape index (κ1) is 27.9. The SMILES string of the molecule is C=C(C)CCC(C)Nc1cnc2c(c1)c(NC(=O)CCOC)c(C(=O)OC)n2CCc1c[nH]c2ccccc12. The van der Waals surface area contributed by atoms with Crippen molar-refractivity contribution < 1.29 is 19.1 Å². The molecule has 3 heterocycles. The van der Waals surface area contributed by atoms with Crippen molar-refractivity contribution in [3.63, 3.8) is 0 Å². The van der Waals surface area contributed by atoms with E-state index in [9.17, 15) is 9.59 Å². The van der Waals surface area contributed by atoms with Crippen LogP contribution in [0.5, 0.6) is 0 Å². The average molecular weight is 532 g/mol. The van der Waals surface area contributed by atoms with Gasteiger partial charge in [0.05, 0.1) is 37.7 Å². The molecule has 1 atom stereocenters. The number of carbonyl (C=O) groups excluding carboxylic acids is 2. The van der Waals surface area contributed by atoms with Crippen molar-refractivity contribution in [3.05, 3.63) is 66.1 Å². The Morgan fingerprint density at radius 1 is 1.18 bits per heavy atom. The van der Waals surface area contributed by atoms with Gasteiger partial charge in [-0.15, -0.1) is 6.58 Å². The van der Waals surface area contributed by atoms with Gasteiger partial charge in [0, 0.05) is 42.2 Å². The van der Waals surface area contributed by atoms with Crippen LogP contribution in [0, 0.1) is 0 Å². The lowest BCUT2D eigenvalue weighted by atomic mass is 10.1. The largest absolute Gasteiger partial charge is 0.464 e. The molecule has 3 N–H and O–H groups in total. The molecule has 9 nitrogen and oxygen atoms in total. The van der Waals surface area contributed by atoms with E-state index < -0.39 is 5.97 Å². The van der Waals surface area contributed by atoms with Gasteiger partial charge < -0.3 is 29.7 Å². The molecule has 1 unspecified atom stereocenters. The fourth-order valence-electron chi connectivity index (χ4n) is 4.74. The third-order valence-corrected chi connectivity index (χ3v) is 6.77. The topological polar surface area (TPSA) is 110 Å². The van der Waals surface area contributed by atoms with E-state index in [0.29, 0.717) is 29.7 Å². The summed E-state index contributed by atoms with van der Waals surface area (Å²) in [5.41, 5.74) is 5.36. The summed E-state index contributed by atoms with van der Waals surface area (Å²) in [7, 11) is 2.88. The van der Waals surface area contributed by atoms with Crippen molar-refractivity contribution in [2.75, 3.05) is 31.5 Å². The van der Waals surface area contributed by atoms with Crippen LogP contribution in [0.25, 0.3) is 21.9 Å². The van der Waals surface area contributed by atoms with Crippen molar-refractivity contribution in [2.24, 2.45) is 0 Å². The monoisotopic (exact) mass is 531 g/mol. The molecule has 0 spiro atoms. The summed E-state index contributed by atoms with van der Waals surface area (Å²) in [6.45, 7) is 8.84. The number of H-pyrrole nitrogens is 1. The Hall–Kier alpha value is -4.11. The molecule has 0 saturated heterocycles. The lowest BCUT2D eigenvalue weighted by Gasteiger charge is -2.15. The number of allylic oxidation sites excluding steroid dienone is 1. The number of anilines is 2. The first-order chi connectivity index (χ1) is 18.8. The van der Waals surface area contributed by atoms with Crippen LogP contribution in [0.4, 0.5) is 11.4 Å². The second kappa shape index (κ2) is 12.6. The van der Waals surface area contributed by atoms with Gasteiger partial charge in [0.1, 0.15) is 5.65 Å². The lowest BCUT2D eigenvalue weighted by Crippen LogP contribution is -2.18. The number of esters is 1. The maximum absolute atomic E-state index is 13.1. The third-order valence-electron chi connectivity index (χ3n) is 6.77. The summed E-state index contributed by atoms with van der Waals surface area (Å²) in [5, 5.41) is 8.22. The number of benzene rings is 1. The molecule has 1 amide bonds. The molecule has 0 bridgehead atoms. The molecule has 1 aromatic carbocycles. The van der Waals surface area contributed by atoms with Gasteiger partial charge in [-0.05, 0) is 50.8 Å². The molecular formula is C30H37N5O4. The highest BCUT2D eigenvalue weighted by molar-refractivity contribution is 6.11. The van der Waals surface area contributed by atoms with E-state index in [0.717, 1.165) is 40.6 Å². The predicted octanol–water partition coefficient (Wildman–Crippen LogP) is 5.68. The van der Waals surface area contributed by atoms with E-state index in [1.807, 2.05) is 42.0 Å². The standard InChI is InChI=1S/C30H37N5O4/c1-19(2)10-11-20(3)33-22-16-24-27(34-26(36)13-15-38-4)28(30(37)39-5)35(29(24)32-18-22)14-12-21-17-31-25-9-7-6-8-23(21)25/h6-9,16-18,20,31,33H,1,10-15H2,2-5H3,(H,34,36). The molecule has 0 radical (unpaired) electrons. The molecular weight excluding hydrogens is 494 g/mol. The highest BCUT2D eigenvalue weighted by Crippen LogP contribution is 2.33. The predicted molar refractivity (Wildman–Crippen MR) is 155 cm³/mol. The number of para-hydroxylation sites is 1. The second-order valence-corrected chi connectivity index (χ2v) is 9.90. The fraction of sp³-hybridized carbons (Fsp3) is 0.367. The summed E-state index contributed by atoms with van der Waals surface area (Å²) in [6.07, 6.45) is 6.40. The van der Waals surface area contributed by atoms with Gasteiger partial charge >= 0.3 is 5.97 Å². The number of pyridine rings is 1. The maximum atomic E-state index is 13.1.